The Bertz CT molecular complexity index is 547. The van der Waals surface area contributed by atoms with Gasteiger partial charge in [0, 0.05) is 5.57 Å². The highest BCUT2D eigenvalue weighted by atomic mass is 16.4. The first-order valence-corrected chi connectivity index (χ1v) is 6.81. The Labute approximate surface area is 119 Å². The molecule has 3 N–H and O–H groups in total. The molecule has 0 saturated carbocycles. The molecule has 108 valence electrons. The molecule has 0 aromatic heterocycles. The van der Waals surface area contributed by atoms with Crippen LogP contribution in [0.5, 0.6) is 0 Å². The van der Waals surface area contributed by atoms with Gasteiger partial charge in [0.15, 0.2) is 0 Å². The van der Waals surface area contributed by atoms with Gasteiger partial charge in [0.05, 0.1) is 5.56 Å². The average molecular weight is 275 g/mol. The zero-order chi connectivity index (χ0) is 15.3. The molecule has 1 rings (SSSR count). The first-order chi connectivity index (χ1) is 9.43. The van der Waals surface area contributed by atoms with Gasteiger partial charge in [-0.15, -0.1) is 0 Å². The molecule has 0 bridgehead atoms. The van der Waals surface area contributed by atoms with Gasteiger partial charge in [0.25, 0.3) is 0 Å². The third-order valence-corrected chi connectivity index (χ3v) is 3.28. The molecular formula is C16H21NO3. The summed E-state index contributed by atoms with van der Waals surface area (Å²) in [7, 11) is 0. The fourth-order valence-electron chi connectivity index (χ4n) is 2.38. The lowest BCUT2D eigenvalue weighted by molar-refractivity contribution is -0.112. The number of nitrogens with two attached hydrogens (primary N) is 1. The second kappa shape index (κ2) is 6.89. The van der Waals surface area contributed by atoms with Crippen LogP contribution in [0.4, 0.5) is 0 Å². The third-order valence-electron chi connectivity index (χ3n) is 3.28. The molecule has 0 aliphatic carbocycles. The Morgan fingerprint density at radius 1 is 1.10 bits per heavy atom. The Balaban J connectivity index is 3.54. The molecule has 20 heavy (non-hydrogen) atoms. The molecule has 0 heterocycles. The van der Waals surface area contributed by atoms with Gasteiger partial charge >= 0.3 is 5.97 Å². The van der Waals surface area contributed by atoms with E-state index in [0.29, 0.717) is 24.0 Å². The second-order valence-electron chi connectivity index (χ2n) is 4.77. The summed E-state index contributed by atoms with van der Waals surface area (Å²) in [6.07, 6.45) is 3.07. The van der Waals surface area contributed by atoms with Crippen LogP contribution in [0, 0.1) is 0 Å². The van der Waals surface area contributed by atoms with E-state index in [4.69, 9.17) is 5.73 Å². The van der Waals surface area contributed by atoms with Crippen LogP contribution in [0.25, 0.3) is 5.57 Å². The minimum absolute atomic E-state index is 0.239. The molecule has 0 spiro atoms. The molecule has 0 radical (unpaired) electrons. The lowest BCUT2D eigenvalue weighted by Gasteiger charge is -2.17. The monoisotopic (exact) mass is 275 g/mol. The Kier molecular flexibility index (Phi) is 5.50. The molecule has 0 unspecified atom stereocenters. The molecule has 0 aliphatic rings. The van der Waals surface area contributed by atoms with Gasteiger partial charge in [0.2, 0.25) is 5.91 Å². The van der Waals surface area contributed by atoms with E-state index in [0.717, 1.165) is 24.0 Å². The van der Waals surface area contributed by atoms with Gasteiger partial charge in [-0.3, -0.25) is 4.79 Å². The summed E-state index contributed by atoms with van der Waals surface area (Å²) < 4.78 is 0. The number of carboxylic acids is 1. The van der Waals surface area contributed by atoms with Gasteiger partial charge in [0.1, 0.15) is 0 Å². The van der Waals surface area contributed by atoms with Crippen molar-refractivity contribution < 1.29 is 14.7 Å². The highest BCUT2D eigenvalue weighted by molar-refractivity contribution is 6.18. The quantitative estimate of drug-likeness (QED) is 0.751. The highest BCUT2D eigenvalue weighted by Crippen LogP contribution is 2.27. The standard InChI is InChI=1S/C16H21NO3/c1-4-6-12-11(10(3)15(17)18)8-9-14(16(19)20)13(12)7-5-2/h8-9H,3-7H2,1-2H3,(H2,17,18)(H,19,20). The SMILES string of the molecule is C=C(C(N)=O)c1ccc(C(=O)O)c(CCC)c1CCC. The van der Waals surface area contributed by atoms with Crippen LogP contribution in [0.1, 0.15) is 53.7 Å². The van der Waals surface area contributed by atoms with Crippen molar-refractivity contribution in [2.75, 3.05) is 0 Å². The van der Waals surface area contributed by atoms with Crippen molar-refractivity contribution in [2.45, 2.75) is 39.5 Å². The number of primary amides is 1. The van der Waals surface area contributed by atoms with E-state index in [-0.39, 0.29) is 5.57 Å². The van der Waals surface area contributed by atoms with Gasteiger partial charge in [-0.25, -0.2) is 4.79 Å². The third kappa shape index (κ3) is 3.26. The smallest absolute Gasteiger partial charge is 0.335 e. The van der Waals surface area contributed by atoms with E-state index in [2.05, 4.69) is 6.58 Å². The molecule has 4 nitrogen and oxygen atoms in total. The molecule has 0 atom stereocenters. The van der Waals surface area contributed by atoms with E-state index in [1.807, 2.05) is 13.8 Å². The lowest BCUT2D eigenvalue weighted by Crippen LogP contribution is -2.15. The number of carbonyl (C=O) groups excluding carboxylic acids is 1. The van der Waals surface area contributed by atoms with Crippen molar-refractivity contribution in [2.24, 2.45) is 5.73 Å². The van der Waals surface area contributed by atoms with E-state index in [1.54, 1.807) is 6.07 Å². The maximum Gasteiger partial charge on any atom is 0.335 e. The van der Waals surface area contributed by atoms with Crippen molar-refractivity contribution in [1.82, 2.24) is 0 Å². The van der Waals surface area contributed by atoms with Crippen molar-refractivity contribution in [3.05, 3.63) is 41.0 Å². The fourth-order valence-corrected chi connectivity index (χ4v) is 2.38. The number of benzene rings is 1. The van der Waals surface area contributed by atoms with Crippen LogP contribution >= 0.6 is 0 Å². The van der Waals surface area contributed by atoms with Gasteiger partial charge < -0.3 is 10.8 Å². The number of carbonyl (C=O) groups is 2. The zero-order valence-corrected chi connectivity index (χ0v) is 12.0. The Morgan fingerprint density at radius 3 is 1.95 bits per heavy atom. The van der Waals surface area contributed by atoms with Crippen LogP contribution in [-0.4, -0.2) is 17.0 Å². The minimum atomic E-state index is -0.943. The summed E-state index contributed by atoms with van der Waals surface area (Å²) in [6.45, 7) is 7.73. The van der Waals surface area contributed by atoms with E-state index >= 15 is 0 Å². The summed E-state index contributed by atoms with van der Waals surface area (Å²) >= 11 is 0. The first-order valence-electron chi connectivity index (χ1n) is 6.81. The molecule has 0 aliphatic heterocycles. The fraction of sp³-hybridized carbons (Fsp3) is 0.375. The second-order valence-corrected chi connectivity index (χ2v) is 4.77. The lowest BCUT2D eigenvalue weighted by atomic mass is 9.87. The molecule has 0 saturated heterocycles. The summed E-state index contributed by atoms with van der Waals surface area (Å²) in [5.41, 5.74) is 8.20. The minimum Gasteiger partial charge on any atom is -0.478 e. The summed E-state index contributed by atoms with van der Waals surface area (Å²) in [4.78, 5) is 22.7. The number of rotatable bonds is 7. The van der Waals surface area contributed by atoms with Crippen LogP contribution in [0.3, 0.4) is 0 Å². The summed E-state index contributed by atoms with van der Waals surface area (Å²) in [6, 6.07) is 3.18. The molecule has 1 aromatic rings. The molecule has 0 fully saturated rings. The number of hydrogen-bond acceptors (Lipinski definition) is 2. The van der Waals surface area contributed by atoms with Crippen LogP contribution in [-0.2, 0) is 17.6 Å². The van der Waals surface area contributed by atoms with Crippen molar-refractivity contribution >= 4 is 17.4 Å². The molecular weight excluding hydrogens is 254 g/mol. The van der Waals surface area contributed by atoms with Crippen molar-refractivity contribution in [3.63, 3.8) is 0 Å². The zero-order valence-electron chi connectivity index (χ0n) is 12.0. The normalized spacial score (nSPS) is 10.3. The molecule has 1 amide bonds. The van der Waals surface area contributed by atoms with Crippen LogP contribution in [0.2, 0.25) is 0 Å². The Hall–Kier alpha value is -2.10. The van der Waals surface area contributed by atoms with E-state index in [1.165, 1.54) is 6.07 Å². The largest absolute Gasteiger partial charge is 0.478 e. The van der Waals surface area contributed by atoms with Crippen LogP contribution < -0.4 is 5.73 Å². The average Bonchev–Trinajstić information content (AvgIpc) is 2.39. The van der Waals surface area contributed by atoms with Crippen LogP contribution in [0.15, 0.2) is 18.7 Å². The van der Waals surface area contributed by atoms with E-state index < -0.39 is 11.9 Å². The summed E-state index contributed by atoms with van der Waals surface area (Å²) in [5, 5.41) is 9.31. The number of hydrogen-bond donors (Lipinski definition) is 2. The predicted molar refractivity (Wildman–Crippen MR) is 79.6 cm³/mol. The van der Waals surface area contributed by atoms with E-state index in [9.17, 15) is 14.7 Å². The maximum atomic E-state index is 11.4. The van der Waals surface area contributed by atoms with Gasteiger partial charge in [-0.05, 0) is 35.6 Å². The predicted octanol–water partition coefficient (Wildman–Crippen LogP) is 2.79. The van der Waals surface area contributed by atoms with Gasteiger partial charge in [-0.2, -0.15) is 0 Å². The van der Waals surface area contributed by atoms with Crippen molar-refractivity contribution in [3.8, 4) is 0 Å². The highest BCUT2D eigenvalue weighted by Gasteiger charge is 2.19. The first kappa shape index (κ1) is 16.0. The molecule has 1 aromatic carbocycles. The Morgan fingerprint density at radius 2 is 1.55 bits per heavy atom. The summed E-state index contributed by atoms with van der Waals surface area (Å²) in [5.74, 6) is -1.52. The number of amides is 1. The molecule has 4 heteroatoms. The number of carboxylic acid groups (broad SMARTS) is 1. The number of aromatic carboxylic acids is 1. The van der Waals surface area contributed by atoms with Gasteiger partial charge in [-0.1, -0.05) is 39.3 Å². The van der Waals surface area contributed by atoms with Crippen molar-refractivity contribution in [1.29, 1.82) is 0 Å². The topological polar surface area (TPSA) is 80.4 Å². The maximum absolute atomic E-state index is 11.4.